The Morgan fingerprint density at radius 3 is 2.58 bits per heavy atom. The van der Waals surface area contributed by atoms with Crippen LogP contribution in [0.4, 0.5) is 5.69 Å². The molecule has 3 nitrogen and oxygen atoms in total. The Bertz CT molecular complexity index is 413. The third kappa shape index (κ3) is 3.10. The van der Waals surface area contributed by atoms with E-state index in [0.717, 1.165) is 19.1 Å². The lowest BCUT2D eigenvalue weighted by molar-refractivity contribution is 0.283. The number of aliphatic hydroxyl groups is 1. The van der Waals surface area contributed by atoms with Crippen molar-refractivity contribution in [3.05, 3.63) is 29.8 Å². The zero-order chi connectivity index (χ0) is 13.1. The second-order valence-electron chi connectivity index (χ2n) is 5.79. The maximum atomic E-state index is 9.33. The molecular weight excluding hydrogens is 236 g/mol. The number of nitrogens with zero attached hydrogens (tertiary/aromatic N) is 1. The molecule has 2 N–H and O–H groups in total. The number of hydrogen-bond donors (Lipinski definition) is 2. The fourth-order valence-corrected chi connectivity index (χ4v) is 2.79. The van der Waals surface area contributed by atoms with Crippen LogP contribution in [0.2, 0.25) is 0 Å². The maximum Gasteiger partial charge on any atom is 0.0606 e. The highest BCUT2D eigenvalue weighted by atomic mass is 16.3. The Morgan fingerprint density at radius 1 is 1.16 bits per heavy atom. The van der Waals surface area contributed by atoms with Crippen molar-refractivity contribution in [2.75, 3.05) is 18.1 Å². The van der Waals surface area contributed by atoms with Gasteiger partial charge >= 0.3 is 0 Å². The summed E-state index contributed by atoms with van der Waals surface area (Å²) < 4.78 is 0. The van der Waals surface area contributed by atoms with Crippen LogP contribution >= 0.6 is 0 Å². The maximum absolute atomic E-state index is 9.33. The molecule has 0 aromatic heterocycles. The van der Waals surface area contributed by atoms with Crippen molar-refractivity contribution in [1.29, 1.82) is 0 Å². The minimum absolute atomic E-state index is 0.237. The van der Waals surface area contributed by atoms with Crippen LogP contribution in [0.3, 0.4) is 0 Å². The fraction of sp³-hybridized carbons (Fsp3) is 0.625. The molecule has 0 spiro atoms. The molecule has 104 valence electrons. The monoisotopic (exact) mass is 260 g/mol. The van der Waals surface area contributed by atoms with Crippen molar-refractivity contribution >= 4 is 5.69 Å². The van der Waals surface area contributed by atoms with Gasteiger partial charge in [-0.25, -0.2) is 0 Å². The summed E-state index contributed by atoms with van der Waals surface area (Å²) in [6.07, 6.45) is 6.51. The van der Waals surface area contributed by atoms with E-state index in [9.17, 15) is 5.11 Å². The average molecular weight is 260 g/mol. The van der Waals surface area contributed by atoms with Crippen LogP contribution in [-0.4, -0.2) is 30.3 Å². The summed E-state index contributed by atoms with van der Waals surface area (Å²) in [5, 5.41) is 12.9. The topological polar surface area (TPSA) is 35.5 Å². The molecule has 0 atom stereocenters. The van der Waals surface area contributed by atoms with Gasteiger partial charge in [-0.3, -0.25) is 0 Å². The first-order valence-electron chi connectivity index (χ1n) is 7.57. The molecule has 2 aliphatic rings. The normalized spacial score (nSPS) is 19.2. The number of nitrogens with one attached hydrogen (secondary N) is 1. The Labute approximate surface area is 115 Å². The van der Waals surface area contributed by atoms with Crippen molar-refractivity contribution in [2.24, 2.45) is 0 Å². The first-order chi connectivity index (χ1) is 9.38. The molecule has 0 aliphatic heterocycles. The molecule has 1 aromatic rings. The number of hydrogen-bond acceptors (Lipinski definition) is 3. The van der Waals surface area contributed by atoms with Gasteiger partial charge in [0.05, 0.1) is 6.61 Å². The zero-order valence-corrected chi connectivity index (χ0v) is 11.5. The highest BCUT2D eigenvalue weighted by Crippen LogP contribution is 2.31. The number of para-hydroxylation sites is 1. The highest BCUT2D eigenvalue weighted by molar-refractivity contribution is 5.55. The van der Waals surface area contributed by atoms with Crippen LogP contribution in [0.25, 0.3) is 0 Å². The summed E-state index contributed by atoms with van der Waals surface area (Å²) in [6, 6.07) is 10.0. The molecule has 0 unspecified atom stereocenters. The Kier molecular flexibility index (Phi) is 4.04. The lowest BCUT2D eigenvalue weighted by Gasteiger charge is -2.40. The molecule has 2 saturated carbocycles. The second-order valence-corrected chi connectivity index (χ2v) is 5.79. The molecule has 0 saturated heterocycles. The fourth-order valence-electron chi connectivity index (χ4n) is 2.79. The number of benzene rings is 1. The van der Waals surface area contributed by atoms with Gasteiger partial charge in [0.1, 0.15) is 0 Å². The van der Waals surface area contributed by atoms with Crippen LogP contribution in [0.1, 0.15) is 37.7 Å². The number of aliphatic hydroxyl groups excluding tert-OH is 1. The smallest absolute Gasteiger partial charge is 0.0606 e. The van der Waals surface area contributed by atoms with Gasteiger partial charge in [0.25, 0.3) is 0 Å². The third-order valence-corrected chi connectivity index (χ3v) is 4.32. The first kappa shape index (κ1) is 12.9. The van der Waals surface area contributed by atoms with Crippen molar-refractivity contribution in [2.45, 2.75) is 50.7 Å². The van der Waals surface area contributed by atoms with Gasteiger partial charge in [0, 0.05) is 30.9 Å². The van der Waals surface area contributed by atoms with Gasteiger partial charge in [-0.15, -0.1) is 0 Å². The van der Waals surface area contributed by atoms with E-state index in [0.29, 0.717) is 6.04 Å². The lowest BCUT2D eigenvalue weighted by Crippen LogP contribution is -2.42. The molecule has 3 heteroatoms. The SMILES string of the molecule is OCCN(c1ccccc1CNC1CC1)C1CCC1. The van der Waals surface area contributed by atoms with Crippen LogP contribution in [0.15, 0.2) is 24.3 Å². The summed E-state index contributed by atoms with van der Waals surface area (Å²) in [5.74, 6) is 0. The molecule has 19 heavy (non-hydrogen) atoms. The Morgan fingerprint density at radius 2 is 1.95 bits per heavy atom. The molecule has 2 fully saturated rings. The Balaban J connectivity index is 1.75. The van der Waals surface area contributed by atoms with Gasteiger partial charge in [0.2, 0.25) is 0 Å². The van der Waals surface area contributed by atoms with E-state index < -0.39 is 0 Å². The lowest BCUT2D eigenvalue weighted by atomic mass is 9.90. The summed E-state index contributed by atoms with van der Waals surface area (Å²) in [6.45, 7) is 1.95. The molecule has 0 bridgehead atoms. The predicted molar refractivity (Wildman–Crippen MR) is 78.4 cm³/mol. The summed E-state index contributed by atoms with van der Waals surface area (Å²) in [5.41, 5.74) is 2.68. The van der Waals surface area contributed by atoms with Crippen molar-refractivity contribution < 1.29 is 5.11 Å². The minimum Gasteiger partial charge on any atom is -0.395 e. The van der Waals surface area contributed by atoms with Crippen LogP contribution < -0.4 is 10.2 Å². The van der Waals surface area contributed by atoms with E-state index in [1.165, 1.54) is 43.4 Å². The minimum atomic E-state index is 0.237. The second kappa shape index (κ2) is 5.93. The highest BCUT2D eigenvalue weighted by Gasteiger charge is 2.26. The molecule has 2 aliphatic carbocycles. The number of anilines is 1. The van der Waals surface area contributed by atoms with E-state index in [1.807, 2.05) is 0 Å². The molecular formula is C16H24N2O. The largest absolute Gasteiger partial charge is 0.395 e. The van der Waals surface area contributed by atoms with Gasteiger partial charge in [-0.2, -0.15) is 0 Å². The van der Waals surface area contributed by atoms with E-state index >= 15 is 0 Å². The summed E-state index contributed by atoms with van der Waals surface area (Å²) in [4.78, 5) is 2.41. The van der Waals surface area contributed by atoms with Crippen molar-refractivity contribution in [3.63, 3.8) is 0 Å². The van der Waals surface area contributed by atoms with Gasteiger partial charge in [-0.1, -0.05) is 18.2 Å². The van der Waals surface area contributed by atoms with E-state index in [-0.39, 0.29) is 6.61 Å². The van der Waals surface area contributed by atoms with Crippen molar-refractivity contribution in [1.82, 2.24) is 5.32 Å². The van der Waals surface area contributed by atoms with Crippen LogP contribution in [-0.2, 0) is 6.54 Å². The van der Waals surface area contributed by atoms with Gasteiger partial charge < -0.3 is 15.3 Å². The van der Waals surface area contributed by atoms with Crippen molar-refractivity contribution in [3.8, 4) is 0 Å². The standard InChI is InChI=1S/C16H24N2O/c19-11-10-18(15-5-3-6-15)16-7-2-1-4-13(16)12-17-14-8-9-14/h1-2,4,7,14-15,17,19H,3,5-6,8-12H2. The Hall–Kier alpha value is -1.06. The predicted octanol–water partition coefficient (Wildman–Crippen LogP) is 2.29. The van der Waals surface area contributed by atoms with E-state index in [2.05, 4.69) is 34.5 Å². The quantitative estimate of drug-likeness (QED) is 0.789. The summed E-state index contributed by atoms with van der Waals surface area (Å²) in [7, 11) is 0. The van der Waals surface area contributed by atoms with Gasteiger partial charge in [0.15, 0.2) is 0 Å². The third-order valence-electron chi connectivity index (χ3n) is 4.32. The van der Waals surface area contributed by atoms with Gasteiger partial charge in [-0.05, 0) is 43.7 Å². The van der Waals surface area contributed by atoms with Crippen LogP contribution in [0.5, 0.6) is 0 Å². The molecule has 0 amide bonds. The average Bonchev–Trinajstić information content (AvgIpc) is 3.18. The first-order valence-corrected chi connectivity index (χ1v) is 7.57. The number of rotatable bonds is 7. The molecule has 0 radical (unpaired) electrons. The molecule has 0 heterocycles. The van der Waals surface area contributed by atoms with Crippen LogP contribution in [0, 0.1) is 0 Å². The molecule has 1 aromatic carbocycles. The summed E-state index contributed by atoms with van der Waals surface area (Å²) >= 11 is 0. The molecule has 3 rings (SSSR count). The zero-order valence-electron chi connectivity index (χ0n) is 11.5. The van der Waals surface area contributed by atoms with E-state index in [4.69, 9.17) is 0 Å². The van der Waals surface area contributed by atoms with E-state index in [1.54, 1.807) is 0 Å².